The van der Waals surface area contributed by atoms with Crippen molar-refractivity contribution in [3.05, 3.63) is 11.6 Å². The molecule has 1 fully saturated rings. The molecule has 0 atom stereocenters. The fraction of sp³-hybridized carbons (Fsp3) is 0.714. The largest absolute Gasteiger partial charge is 0.462 e. The van der Waals surface area contributed by atoms with Crippen molar-refractivity contribution in [3.8, 4) is 0 Å². The maximum Gasteiger partial charge on any atom is 0.334 e. The molecule has 1 amide bonds. The van der Waals surface area contributed by atoms with Crippen LogP contribution in [0.15, 0.2) is 11.6 Å². The lowest BCUT2D eigenvalue weighted by molar-refractivity contribution is -0.141. The van der Waals surface area contributed by atoms with Crippen LogP contribution in [0.3, 0.4) is 0 Å². The molecule has 2 N–H and O–H groups in total. The van der Waals surface area contributed by atoms with Gasteiger partial charge in [0.05, 0.1) is 6.61 Å². The number of rotatable bonds is 5. The molecule has 4 heteroatoms. The lowest BCUT2D eigenvalue weighted by Crippen LogP contribution is -2.22. The Hall–Kier alpha value is -1.32. The van der Waals surface area contributed by atoms with Crippen LogP contribution in [0.2, 0.25) is 0 Å². The van der Waals surface area contributed by atoms with Gasteiger partial charge in [-0.3, -0.25) is 4.79 Å². The molecule has 0 heterocycles. The SMILES string of the molecule is CC(C)COC(=O)C(=CC(N)=O)C1CCCCC1. The average molecular weight is 253 g/mol. The number of ether oxygens (including phenoxy) is 1. The summed E-state index contributed by atoms with van der Waals surface area (Å²) < 4.78 is 5.20. The van der Waals surface area contributed by atoms with Crippen molar-refractivity contribution in [1.29, 1.82) is 0 Å². The van der Waals surface area contributed by atoms with Crippen molar-refractivity contribution >= 4 is 11.9 Å². The maximum absolute atomic E-state index is 12.0. The van der Waals surface area contributed by atoms with E-state index in [0.717, 1.165) is 25.7 Å². The summed E-state index contributed by atoms with van der Waals surface area (Å²) in [6, 6.07) is 0. The van der Waals surface area contributed by atoms with E-state index in [1.807, 2.05) is 13.8 Å². The summed E-state index contributed by atoms with van der Waals surface area (Å²) in [5.74, 6) is -0.535. The van der Waals surface area contributed by atoms with E-state index in [9.17, 15) is 9.59 Å². The minimum Gasteiger partial charge on any atom is -0.462 e. The molecule has 1 rings (SSSR count). The molecule has 0 aromatic heterocycles. The molecule has 0 radical (unpaired) electrons. The lowest BCUT2D eigenvalue weighted by atomic mass is 9.83. The van der Waals surface area contributed by atoms with E-state index in [1.165, 1.54) is 12.5 Å². The van der Waals surface area contributed by atoms with Crippen molar-refractivity contribution in [3.63, 3.8) is 0 Å². The highest BCUT2D eigenvalue weighted by atomic mass is 16.5. The number of primary amides is 1. The third kappa shape index (κ3) is 4.90. The van der Waals surface area contributed by atoms with Crippen LogP contribution in [0, 0.1) is 11.8 Å². The predicted octanol–water partition coefficient (Wildman–Crippen LogP) is 2.18. The summed E-state index contributed by atoms with van der Waals surface area (Å²) in [7, 11) is 0. The van der Waals surface area contributed by atoms with Crippen LogP contribution in [0.5, 0.6) is 0 Å². The fourth-order valence-electron chi connectivity index (χ4n) is 2.24. The first-order valence-corrected chi connectivity index (χ1v) is 6.69. The van der Waals surface area contributed by atoms with E-state index in [1.54, 1.807) is 0 Å². The molecule has 0 unspecified atom stereocenters. The second-order valence-corrected chi connectivity index (χ2v) is 5.33. The van der Waals surface area contributed by atoms with E-state index in [0.29, 0.717) is 12.2 Å². The zero-order chi connectivity index (χ0) is 13.5. The first-order chi connectivity index (χ1) is 8.50. The minimum atomic E-state index is -0.572. The molecule has 102 valence electrons. The summed E-state index contributed by atoms with van der Waals surface area (Å²) in [6.07, 6.45) is 6.52. The molecule has 0 saturated heterocycles. The Morgan fingerprint density at radius 2 is 1.89 bits per heavy atom. The van der Waals surface area contributed by atoms with Crippen molar-refractivity contribution in [2.24, 2.45) is 17.6 Å². The van der Waals surface area contributed by atoms with Gasteiger partial charge in [0.15, 0.2) is 0 Å². The van der Waals surface area contributed by atoms with E-state index >= 15 is 0 Å². The number of amides is 1. The van der Waals surface area contributed by atoms with Gasteiger partial charge < -0.3 is 10.5 Å². The zero-order valence-electron chi connectivity index (χ0n) is 11.3. The summed E-state index contributed by atoms with van der Waals surface area (Å²) in [4.78, 5) is 23.0. The van der Waals surface area contributed by atoms with Crippen molar-refractivity contribution in [2.45, 2.75) is 46.0 Å². The molecule has 1 aliphatic rings. The Balaban J connectivity index is 2.71. The van der Waals surface area contributed by atoms with Crippen LogP contribution in [-0.2, 0) is 14.3 Å². The third-order valence-electron chi connectivity index (χ3n) is 3.13. The van der Waals surface area contributed by atoms with E-state index in [2.05, 4.69) is 0 Å². The number of nitrogens with two attached hydrogens (primary N) is 1. The second-order valence-electron chi connectivity index (χ2n) is 5.33. The van der Waals surface area contributed by atoms with Crippen molar-refractivity contribution in [2.75, 3.05) is 6.61 Å². The molecule has 4 nitrogen and oxygen atoms in total. The molecule has 0 aromatic carbocycles. The van der Waals surface area contributed by atoms with Gasteiger partial charge in [-0.15, -0.1) is 0 Å². The first kappa shape index (κ1) is 14.7. The molecule has 18 heavy (non-hydrogen) atoms. The van der Waals surface area contributed by atoms with Crippen LogP contribution in [0.1, 0.15) is 46.0 Å². The molecular weight excluding hydrogens is 230 g/mol. The van der Waals surface area contributed by atoms with Crippen LogP contribution >= 0.6 is 0 Å². The summed E-state index contributed by atoms with van der Waals surface area (Å²) >= 11 is 0. The van der Waals surface area contributed by atoms with Gasteiger partial charge >= 0.3 is 5.97 Å². The number of carbonyl (C=O) groups excluding carboxylic acids is 2. The first-order valence-electron chi connectivity index (χ1n) is 6.69. The van der Waals surface area contributed by atoms with Gasteiger partial charge in [0.1, 0.15) is 0 Å². The molecule has 0 aromatic rings. The van der Waals surface area contributed by atoms with E-state index in [4.69, 9.17) is 10.5 Å². The highest BCUT2D eigenvalue weighted by Gasteiger charge is 2.25. The highest BCUT2D eigenvalue weighted by molar-refractivity contribution is 5.98. The van der Waals surface area contributed by atoms with Gasteiger partial charge in [-0.1, -0.05) is 33.1 Å². The standard InChI is InChI=1S/C14H23NO3/c1-10(2)9-18-14(17)12(8-13(15)16)11-6-4-3-5-7-11/h8,10-11H,3-7,9H2,1-2H3,(H2,15,16). The van der Waals surface area contributed by atoms with Crippen molar-refractivity contribution in [1.82, 2.24) is 0 Å². The Bertz CT molecular complexity index is 328. The minimum absolute atomic E-state index is 0.130. The van der Waals surface area contributed by atoms with Crippen LogP contribution in [0.4, 0.5) is 0 Å². The van der Waals surface area contributed by atoms with Gasteiger partial charge in [0, 0.05) is 11.6 Å². The number of hydrogen-bond acceptors (Lipinski definition) is 3. The fourth-order valence-corrected chi connectivity index (χ4v) is 2.24. The van der Waals surface area contributed by atoms with Gasteiger partial charge in [-0.2, -0.15) is 0 Å². The molecule has 1 aliphatic carbocycles. The Kier molecular flexibility index (Phi) is 5.89. The number of esters is 1. The topological polar surface area (TPSA) is 69.4 Å². The van der Waals surface area contributed by atoms with Crippen LogP contribution in [-0.4, -0.2) is 18.5 Å². The summed E-state index contributed by atoms with van der Waals surface area (Å²) in [6.45, 7) is 4.33. The van der Waals surface area contributed by atoms with Crippen molar-refractivity contribution < 1.29 is 14.3 Å². The number of carbonyl (C=O) groups is 2. The van der Waals surface area contributed by atoms with Gasteiger partial charge in [0.25, 0.3) is 0 Å². The smallest absolute Gasteiger partial charge is 0.334 e. The van der Waals surface area contributed by atoms with E-state index < -0.39 is 5.91 Å². The molecular formula is C14H23NO3. The van der Waals surface area contributed by atoms with E-state index in [-0.39, 0.29) is 17.8 Å². The highest BCUT2D eigenvalue weighted by Crippen LogP contribution is 2.30. The second kappa shape index (κ2) is 7.19. The molecule has 1 saturated carbocycles. The summed E-state index contributed by atoms with van der Waals surface area (Å²) in [5, 5.41) is 0. The van der Waals surface area contributed by atoms with Gasteiger partial charge in [-0.05, 0) is 24.7 Å². The average Bonchev–Trinajstić information content (AvgIpc) is 2.34. The number of hydrogen-bond donors (Lipinski definition) is 1. The molecule has 0 aliphatic heterocycles. The van der Waals surface area contributed by atoms with Crippen LogP contribution in [0.25, 0.3) is 0 Å². The maximum atomic E-state index is 12.0. The van der Waals surface area contributed by atoms with Crippen LogP contribution < -0.4 is 5.73 Å². The Morgan fingerprint density at radius 3 is 2.39 bits per heavy atom. The third-order valence-corrected chi connectivity index (χ3v) is 3.13. The summed E-state index contributed by atoms with van der Waals surface area (Å²) in [5.41, 5.74) is 5.63. The monoisotopic (exact) mass is 253 g/mol. The Morgan fingerprint density at radius 1 is 1.28 bits per heavy atom. The Labute approximate surface area is 109 Å². The van der Waals surface area contributed by atoms with Gasteiger partial charge in [-0.25, -0.2) is 4.79 Å². The van der Waals surface area contributed by atoms with Gasteiger partial charge in [0.2, 0.25) is 5.91 Å². The normalized spacial score (nSPS) is 17.8. The predicted molar refractivity (Wildman–Crippen MR) is 69.6 cm³/mol. The molecule has 0 bridgehead atoms. The zero-order valence-corrected chi connectivity index (χ0v) is 11.3. The molecule has 0 spiro atoms. The quantitative estimate of drug-likeness (QED) is 0.603. The lowest BCUT2D eigenvalue weighted by Gasteiger charge is -2.23.